The van der Waals surface area contributed by atoms with Crippen molar-refractivity contribution in [3.8, 4) is 0 Å². The molecule has 0 amide bonds. The Bertz CT molecular complexity index is 358. The van der Waals surface area contributed by atoms with Crippen molar-refractivity contribution in [2.75, 3.05) is 0 Å². The number of hydrogen-bond acceptors (Lipinski definition) is 2. The average Bonchev–Trinajstić information content (AvgIpc) is 3.05. The van der Waals surface area contributed by atoms with Crippen LogP contribution in [-0.2, 0) is 9.47 Å². The van der Waals surface area contributed by atoms with Crippen LogP contribution in [0.3, 0.4) is 0 Å². The average molecular weight is 236 g/mol. The molecule has 2 heterocycles. The van der Waals surface area contributed by atoms with Gasteiger partial charge in [0.05, 0.1) is 23.9 Å². The van der Waals surface area contributed by atoms with Crippen LogP contribution in [0.2, 0.25) is 0 Å². The molecular weight excluding hydrogens is 212 g/mol. The zero-order chi connectivity index (χ0) is 12.3. The number of ether oxygens (including phenoxy) is 2. The number of allylic oxidation sites excluding steroid dienone is 1. The zero-order valence-corrected chi connectivity index (χ0v) is 11.5. The van der Waals surface area contributed by atoms with Crippen molar-refractivity contribution in [3.63, 3.8) is 0 Å². The monoisotopic (exact) mass is 236 g/mol. The molecule has 0 aromatic carbocycles. The van der Waals surface area contributed by atoms with Crippen LogP contribution in [0.5, 0.6) is 0 Å². The van der Waals surface area contributed by atoms with Gasteiger partial charge in [-0.15, -0.1) is 0 Å². The Kier molecular flexibility index (Phi) is 2.47. The zero-order valence-electron chi connectivity index (χ0n) is 11.5. The summed E-state index contributed by atoms with van der Waals surface area (Å²) >= 11 is 0. The summed E-state index contributed by atoms with van der Waals surface area (Å²) < 4.78 is 11.8. The van der Waals surface area contributed by atoms with E-state index in [9.17, 15) is 0 Å². The first kappa shape index (κ1) is 11.7. The second-order valence-corrected chi connectivity index (χ2v) is 7.00. The molecule has 3 rings (SSSR count). The minimum atomic E-state index is 0.142. The Balaban J connectivity index is 1.77. The van der Waals surface area contributed by atoms with Crippen molar-refractivity contribution in [1.82, 2.24) is 0 Å². The molecule has 17 heavy (non-hydrogen) atoms. The molecule has 0 aromatic heterocycles. The van der Waals surface area contributed by atoms with E-state index in [0.717, 1.165) is 19.3 Å². The molecule has 0 bridgehead atoms. The SMILES string of the molecule is C/C1=C\CC[C@@]2(C)O[C@@H]2CC(C)(C)[C@@H]2O[C@H]2C1. The van der Waals surface area contributed by atoms with Crippen LogP contribution >= 0.6 is 0 Å². The Hall–Kier alpha value is -0.340. The molecule has 2 fully saturated rings. The fourth-order valence-corrected chi connectivity index (χ4v) is 3.35. The van der Waals surface area contributed by atoms with Gasteiger partial charge in [0.1, 0.15) is 0 Å². The first-order chi connectivity index (χ1) is 7.91. The summed E-state index contributed by atoms with van der Waals surface area (Å²) in [5.41, 5.74) is 1.89. The highest BCUT2D eigenvalue weighted by Gasteiger charge is 2.57. The molecule has 2 saturated heterocycles. The summed E-state index contributed by atoms with van der Waals surface area (Å²) in [6.07, 6.45) is 8.31. The number of fused-ring (bicyclic) bond motifs is 2. The van der Waals surface area contributed by atoms with Gasteiger partial charge >= 0.3 is 0 Å². The predicted molar refractivity (Wildman–Crippen MR) is 67.9 cm³/mol. The van der Waals surface area contributed by atoms with E-state index in [1.807, 2.05) is 0 Å². The van der Waals surface area contributed by atoms with Gasteiger partial charge in [-0.1, -0.05) is 25.5 Å². The molecule has 2 aliphatic heterocycles. The largest absolute Gasteiger partial charge is 0.369 e. The third-order valence-corrected chi connectivity index (χ3v) is 4.76. The van der Waals surface area contributed by atoms with Crippen molar-refractivity contribution in [1.29, 1.82) is 0 Å². The van der Waals surface area contributed by atoms with Gasteiger partial charge in [0.2, 0.25) is 0 Å². The van der Waals surface area contributed by atoms with Gasteiger partial charge in [-0.05, 0) is 44.9 Å². The summed E-state index contributed by atoms with van der Waals surface area (Å²) in [6.45, 7) is 9.16. The fourth-order valence-electron chi connectivity index (χ4n) is 3.35. The summed E-state index contributed by atoms with van der Waals surface area (Å²) in [4.78, 5) is 0. The minimum absolute atomic E-state index is 0.142. The van der Waals surface area contributed by atoms with Crippen LogP contribution in [0.15, 0.2) is 11.6 Å². The molecule has 0 aromatic rings. The van der Waals surface area contributed by atoms with Crippen molar-refractivity contribution in [2.24, 2.45) is 5.41 Å². The fraction of sp³-hybridized carbons (Fsp3) is 0.867. The van der Waals surface area contributed by atoms with Gasteiger partial charge < -0.3 is 9.47 Å². The summed E-state index contributed by atoms with van der Waals surface area (Å²) in [5.74, 6) is 0. The lowest BCUT2D eigenvalue weighted by molar-refractivity contribution is 0.202. The van der Waals surface area contributed by atoms with Gasteiger partial charge in [-0.3, -0.25) is 0 Å². The molecule has 1 aliphatic carbocycles. The Labute approximate surface area is 104 Å². The molecule has 0 N–H and O–H groups in total. The molecule has 0 unspecified atom stereocenters. The van der Waals surface area contributed by atoms with Crippen LogP contribution in [0.1, 0.15) is 53.4 Å². The van der Waals surface area contributed by atoms with Crippen LogP contribution in [-0.4, -0.2) is 23.9 Å². The molecule has 2 heteroatoms. The molecule has 3 aliphatic rings. The molecule has 0 spiro atoms. The Morgan fingerprint density at radius 2 is 2.06 bits per heavy atom. The highest BCUT2D eigenvalue weighted by atomic mass is 16.6. The Morgan fingerprint density at radius 1 is 1.29 bits per heavy atom. The third kappa shape index (κ3) is 2.17. The summed E-state index contributed by atoms with van der Waals surface area (Å²) in [7, 11) is 0. The lowest BCUT2D eigenvalue weighted by Gasteiger charge is -2.22. The number of epoxide rings is 2. The van der Waals surface area contributed by atoms with E-state index in [1.165, 1.54) is 12.0 Å². The minimum Gasteiger partial charge on any atom is -0.369 e. The van der Waals surface area contributed by atoms with E-state index in [-0.39, 0.29) is 11.0 Å². The lowest BCUT2D eigenvalue weighted by Crippen LogP contribution is -2.25. The topological polar surface area (TPSA) is 25.1 Å². The number of rotatable bonds is 0. The van der Waals surface area contributed by atoms with Crippen LogP contribution in [0.25, 0.3) is 0 Å². The van der Waals surface area contributed by atoms with Gasteiger partial charge in [0.15, 0.2) is 0 Å². The van der Waals surface area contributed by atoms with E-state index >= 15 is 0 Å². The molecule has 0 radical (unpaired) electrons. The quantitative estimate of drug-likeness (QED) is 0.475. The molecule has 2 nitrogen and oxygen atoms in total. The first-order valence-corrected chi connectivity index (χ1v) is 6.90. The van der Waals surface area contributed by atoms with Crippen molar-refractivity contribution >= 4 is 0 Å². The second kappa shape index (κ2) is 3.58. The summed E-state index contributed by atoms with van der Waals surface area (Å²) in [6, 6.07) is 0. The standard InChI is InChI=1S/C15H24O2/c1-10-6-5-7-15(4)12(17-15)9-14(2,3)13-11(8-10)16-13/h6,11-13H,5,7-9H2,1-4H3/b10-6+/t11-,12+,13+,15+/m0/s1. The van der Waals surface area contributed by atoms with Crippen LogP contribution in [0, 0.1) is 5.41 Å². The highest BCUT2D eigenvalue weighted by molar-refractivity contribution is 5.12. The van der Waals surface area contributed by atoms with E-state index < -0.39 is 0 Å². The van der Waals surface area contributed by atoms with Gasteiger partial charge in [0.25, 0.3) is 0 Å². The van der Waals surface area contributed by atoms with E-state index in [1.54, 1.807) is 0 Å². The molecule has 0 saturated carbocycles. The van der Waals surface area contributed by atoms with Gasteiger partial charge in [-0.2, -0.15) is 0 Å². The van der Waals surface area contributed by atoms with E-state index in [0.29, 0.717) is 18.3 Å². The molecule has 4 atom stereocenters. The maximum atomic E-state index is 5.93. The lowest BCUT2D eigenvalue weighted by atomic mass is 9.80. The predicted octanol–water partition coefficient (Wildman–Crippen LogP) is 3.46. The Morgan fingerprint density at radius 3 is 2.82 bits per heavy atom. The van der Waals surface area contributed by atoms with Gasteiger partial charge in [-0.25, -0.2) is 0 Å². The maximum absolute atomic E-state index is 5.93. The smallest absolute Gasteiger partial charge is 0.0923 e. The van der Waals surface area contributed by atoms with Crippen molar-refractivity contribution < 1.29 is 9.47 Å². The third-order valence-electron chi connectivity index (χ3n) is 4.76. The van der Waals surface area contributed by atoms with Crippen molar-refractivity contribution in [2.45, 2.75) is 77.3 Å². The highest BCUT2D eigenvalue weighted by Crippen LogP contribution is 2.52. The maximum Gasteiger partial charge on any atom is 0.0923 e. The number of hydrogen-bond donors (Lipinski definition) is 0. The van der Waals surface area contributed by atoms with Gasteiger partial charge in [0, 0.05) is 0 Å². The molecular formula is C15H24O2. The summed E-state index contributed by atoms with van der Waals surface area (Å²) in [5, 5.41) is 0. The van der Waals surface area contributed by atoms with Crippen LogP contribution < -0.4 is 0 Å². The van der Waals surface area contributed by atoms with Crippen molar-refractivity contribution in [3.05, 3.63) is 11.6 Å². The molecule has 96 valence electrons. The second-order valence-electron chi connectivity index (χ2n) is 7.00. The van der Waals surface area contributed by atoms with E-state index in [4.69, 9.17) is 9.47 Å². The first-order valence-electron chi connectivity index (χ1n) is 6.90. The normalized spacial score (nSPS) is 51.3. The van der Waals surface area contributed by atoms with E-state index in [2.05, 4.69) is 33.8 Å². The van der Waals surface area contributed by atoms with Crippen LogP contribution in [0.4, 0.5) is 0 Å².